The van der Waals surface area contributed by atoms with Crippen LogP contribution in [0.15, 0.2) is 30.3 Å². The van der Waals surface area contributed by atoms with E-state index < -0.39 is 0 Å². The lowest BCUT2D eigenvalue weighted by Gasteiger charge is -2.19. The third-order valence-electron chi connectivity index (χ3n) is 2.79. The fourth-order valence-corrected chi connectivity index (χ4v) is 1.73. The van der Waals surface area contributed by atoms with Crippen molar-refractivity contribution in [1.82, 2.24) is 4.90 Å². The van der Waals surface area contributed by atoms with E-state index in [9.17, 15) is 4.79 Å². The lowest BCUT2D eigenvalue weighted by atomic mass is 10.3. The van der Waals surface area contributed by atoms with E-state index >= 15 is 0 Å². The lowest BCUT2D eigenvalue weighted by Crippen LogP contribution is -2.29. The Kier molecular flexibility index (Phi) is 7.06. The van der Waals surface area contributed by atoms with Crippen LogP contribution in [0.4, 0.5) is 5.69 Å². The number of hydrogen-bond donors (Lipinski definition) is 2. The Morgan fingerprint density at radius 1 is 1.28 bits per heavy atom. The van der Waals surface area contributed by atoms with Gasteiger partial charge in [0.25, 0.3) is 0 Å². The second-order valence-electron chi connectivity index (χ2n) is 4.18. The third kappa shape index (κ3) is 5.80. The van der Waals surface area contributed by atoms with Crippen molar-refractivity contribution in [1.29, 1.82) is 0 Å². The van der Waals surface area contributed by atoms with Crippen LogP contribution in [0.2, 0.25) is 0 Å². The summed E-state index contributed by atoms with van der Waals surface area (Å²) in [5.41, 5.74) is 0.834. The van der Waals surface area contributed by atoms with Crippen LogP contribution < -0.4 is 5.32 Å². The maximum absolute atomic E-state index is 11.7. The van der Waals surface area contributed by atoms with E-state index in [2.05, 4.69) is 17.1 Å². The molecule has 0 bridgehead atoms. The van der Waals surface area contributed by atoms with Gasteiger partial charge in [0.15, 0.2) is 0 Å². The Hall–Kier alpha value is -1.39. The van der Waals surface area contributed by atoms with Crippen molar-refractivity contribution in [2.45, 2.75) is 19.8 Å². The minimum Gasteiger partial charge on any atom is -0.396 e. The van der Waals surface area contributed by atoms with Gasteiger partial charge < -0.3 is 15.3 Å². The molecule has 4 nitrogen and oxygen atoms in total. The van der Waals surface area contributed by atoms with Gasteiger partial charge in [-0.25, -0.2) is 0 Å². The van der Waals surface area contributed by atoms with Crippen molar-refractivity contribution >= 4 is 11.6 Å². The molecule has 2 N–H and O–H groups in total. The number of benzene rings is 1. The first kappa shape index (κ1) is 14.7. The number of carbonyl (C=O) groups is 1. The molecule has 0 saturated heterocycles. The minimum absolute atomic E-state index is 0.0312. The molecule has 1 aromatic rings. The van der Waals surface area contributed by atoms with Gasteiger partial charge in [0, 0.05) is 31.8 Å². The molecule has 0 aliphatic heterocycles. The summed E-state index contributed by atoms with van der Waals surface area (Å²) < 4.78 is 0. The summed E-state index contributed by atoms with van der Waals surface area (Å²) >= 11 is 0. The number of anilines is 1. The van der Waals surface area contributed by atoms with E-state index in [-0.39, 0.29) is 12.5 Å². The second-order valence-corrected chi connectivity index (χ2v) is 4.18. The van der Waals surface area contributed by atoms with Crippen molar-refractivity contribution in [3.8, 4) is 0 Å². The smallest absolute Gasteiger partial charge is 0.225 e. The number of carbonyl (C=O) groups excluding carboxylic acids is 1. The van der Waals surface area contributed by atoms with Gasteiger partial charge in [0.1, 0.15) is 0 Å². The summed E-state index contributed by atoms with van der Waals surface area (Å²) in [4.78, 5) is 13.9. The molecule has 0 heterocycles. The van der Waals surface area contributed by atoms with Gasteiger partial charge in [0.05, 0.1) is 0 Å². The van der Waals surface area contributed by atoms with Crippen LogP contribution in [0.3, 0.4) is 0 Å². The molecule has 1 rings (SSSR count). The largest absolute Gasteiger partial charge is 0.396 e. The zero-order valence-corrected chi connectivity index (χ0v) is 10.9. The van der Waals surface area contributed by atoms with E-state index in [0.29, 0.717) is 6.42 Å². The van der Waals surface area contributed by atoms with Gasteiger partial charge in [-0.05, 0) is 25.1 Å². The lowest BCUT2D eigenvalue weighted by molar-refractivity contribution is -0.116. The predicted molar refractivity (Wildman–Crippen MR) is 73.5 cm³/mol. The number of hydrogen-bond acceptors (Lipinski definition) is 3. The van der Waals surface area contributed by atoms with Crippen LogP contribution in [-0.4, -0.2) is 42.2 Å². The molecule has 0 saturated carbocycles. The van der Waals surface area contributed by atoms with E-state index in [0.717, 1.165) is 31.7 Å². The molecule has 1 aromatic carbocycles. The molecule has 0 radical (unpaired) electrons. The highest BCUT2D eigenvalue weighted by Gasteiger charge is 2.06. The van der Waals surface area contributed by atoms with Gasteiger partial charge in [-0.1, -0.05) is 25.1 Å². The van der Waals surface area contributed by atoms with Crippen LogP contribution in [0, 0.1) is 0 Å². The van der Waals surface area contributed by atoms with Crippen molar-refractivity contribution < 1.29 is 9.90 Å². The van der Waals surface area contributed by atoms with Crippen molar-refractivity contribution in [3.05, 3.63) is 30.3 Å². The molecule has 0 aliphatic carbocycles. The van der Waals surface area contributed by atoms with Crippen LogP contribution in [0.5, 0.6) is 0 Å². The summed E-state index contributed by atoms with van der Waals surface area (Å²) in [6, 6.07) is 9.47. The average molecular weight is 250 g/mol. The Balaban J connectivity index is 2.27. The maximum Gasteiger partial charge on any atom is 0.225 e. The Morgan fingerprint density at radius 3 is 2.61 bits per heavy atom. The number of amides is 1. The zero-order chi connectivity index (χ0) is 13.2. The molecular formula is C14H22N2O2. The SMILES string of the molecule is CCN(CCCO)CCC(=O)Nc1ccccc1. The third-order valence-corrected chi connectivity index (χ3v) is 2.79. The summed E-state index contributed by atoms with van der Waals surface area (Å²) in [7, 11) is 0. The normalized spacial score (nSPS) is 10.6. The Bertz CT molecular complexity index is 341. The highest BCUT2D eigenvalue weighted by molar-refractivity contribution is 5.90. The van der Waals surface area contributed by atoms with Crippen LogP contribution in [-0.2, 0) is 4.79 Å². The molecule has 1 amide bonds. The van der Waals surface area contributed by atoms with Gasteiger partial charge in [-0.3, -0.25) is 4.79 Å². The number of rotatable bonds is 8. The van der Waals surface area contributed by atoms with E-state index in [1.54, 1.807) is 0 Å². The fraction of sp³-hybridized carbons (Fsp3) is 0.500. The standard InChI is InChI=1S/C14H22N2O2/c1-2-16(10-6-12-17)11-9-14(18)15-13-7-4-3-5-8-13/h3-5,7-8,17H,2,6,9-12H2,1H3,(H,15,18). The number of aliphatic hydroxyl groups is 1. The molecule has 0 fully saturated rings. The minimum atomic E-state index is 0.0312. The molecule has 0 aromatic heterocycles. The van der Waals surface area contributed by atoms with Crippen molar-refractivity contribution in [2.24, 2.45) is 0 Å². The average Bonchev–Trinajstić information content (AvgIpc) is 2.40. The molecule has 100 valence electrons. The van der Waals surface area contributed by atoms with E-state index in [4.69, 9.17) is 5.11 Å². The maximum atomic E-state index is 11.7. The summed E-state index contributed by atoms with van der Waals surface area (Å²) in [5.74, 6) is 0.0312. The van der Waals surface area contributed by atoms with E-state index in [1.165, 1.54) is 0 Å². The fourth-order valence-electron chi connectivity index (χ4n) is 1.73. The highest BCUT2D eigenvalue weighted by Crippen LogP contribution is 2.05. The predicted octanol–water partition coefficient (Wildman–Crippen LogP) is 1.72. The highest BCUT2D eigenvalue weighted by atomic mass is 16.3. The van der Waals surface area contributed by atoms with Gasteiger partial charge >= 0.3 is 0 Å². The number of nitrogens with one attached hydrogen (secondary N) is 1. The van der Waals surface area contributed by atoms with Gasteiger partial charge in [0.2, 0.25) is 5.91 Å². The first-order valence-electron chi connectivity index (χ1n) is 6.44. The van der Waals surface area contributed by atoms with Crippen molar-refractivity contribution in [3.63, 3.8) is 0 Å². The molecule has 0 aliphatic rings. The van der Waals surface area contributed by atoms with Crippen LogP contribution in [0.1, 0.15) is 19.8 Å². The van der Waals surface area contributed by atoms with Gasteiger partial charge in [-0.15, -0.1) is 0 Å². The van der Waals surface area contributed by atoms with Crippen LogP contribution in [0.25, 0.3) is 0 Å². The number of nitrogens with zero attached hydrogens (tertiary/aromatic N) is 1. The topological polar surface area (TPSA) is 52.6 Å². The van der Waals surface area contributed by atoms with Crippen LogP contribution >= 0.6 is 0 Å². The number of aliphatic hydroxyl groups excluding tert-OH is 1. The molecular weight excluding hydrogens is 228 g/mol. The molecule has 0 unspecified atom stereocenters. The molecule has 4 heteroatoms. The monoisotopic (exact) mass is 250 g/mol. The quantitative estimate of drug-likeness (QED) is 0.738. The first-order chi connectivity index (χ1) is 8.76. The summed E-state index contributed by atoms with van der Waals surface area (Å²) in [5, 5.41) is 11.6. The molecule has 18 heavy (non-hydrogen) atoms. The molecule has 0 atom stereocenters. The second kappa shape index (κ2) is 8.66. The Morgan fingerprint density at radius 2 is 2.00 bits per heavy atom. The molecule has 0 spiro atoms. The van der Waals surface area contributed by atoms with Gasteiger partial charge in [-0.2, -0.15) is 0 Å². The zero-order valence-electron chi connectivity index (χ0n) is 10.9. The Labute approximate surface area is 109 Å². The summed E-state index contributed by atoms with van der Waals surface area (Å²) in [6.45, 7) is 4.73. The van der Waals surface area contributed by atoms with Crippen molar-refractivity contribution in [2.75, 3.05) is 31.6 Å². The van der Waals surface area contributed by atoms with E-state index in [1.807, 2.05) is 30.3 Å². The summed E-state index contributed by atoms with van der Waals surface area (Å²) in [6.07, 6.45) is 1.24. The first-order valence-corrected chi connectivity index (χ1v) is 6.44. The number of para-hydroxylation sites is 1.